The van der Waals surface area contributed by atoms with Crippen molar-refractivity contribution in [2.75, 3.05) is 13.1 Å². The Kier molecular flexibility index (Phi) is 18.6. The van der Waals surface area contributed by atoms with Crippen molar-refractivity contribution in [1.82, 2.24) is 9.44 Å². The molecular formula is C22H42N4O4S2. The Bertz CT molecular complexity index is 696. The van der Waals surface area contributed by atoms with Crippen LogP contribution in [0.15, 0.2) is 0 Å². The maximum Gasteiger partial charge on any atom is 0.230 e. The fourth-order valence-corrected chi connectivity index (χ4v) is 7.30. The van der Waals surface area contributed by atoms with Crippen molar-refractivity contribution in [3.05, 3.63) is 0 Å². The largest absolute Gasteiger partial charge is 0.230 e. The highest BCUT2D eigenvalue weighted by molar-refractivity contribution is 8.07. The van der Waals surface area contributed by atoms with Crippen molar-refractivity contribution in [2.24, 2.45) is 0 Å². The van der Waals surface area contributed by atoms with Crippen LogP contribution in [-0.4, -0.2) is 34.5 Å². The van der Waals surface area contributed by atoms with Gasteiger partial charge in [-0.05, 0) is 32.1 Å². The Morgan fingerprint density at radius 1 is 0.625 bits per heavy atom. The van der Waals surface area contributed by atoms with Gasteiger partial charge in [-0.3, -0.25) is 0 Å². The zero-order chi connectivity index (χ0) is 24.1. The molecule has 0 unspecified atom stereocenters. The Morgan fingerprint density at radius 2 is 1.03 bits per heavy atom. The van der Waals surface area contributed by atoms with E-state index in [0.29, 0.717) is 32.1 Å². The van der Waals surface area contributed by atoms with Crippen molar-refractivity contribution < 1.29 is 16.8 Å². The molecule has 0 spiro atoms. The first kappa shape index (κ1) is 30.8. The van der Waals surface area contributed by atoms with E-state index in [4.69, 9.17) is 10.5 Å². The van der Waals surface area contributed by atoms with Gasteiger partial charge >= 0.3 is 0 Å². The third kappa shape index (κ3) is 15.6. The summed E-state index contributed by atoms with van der Waals surface area (Å²) < 4.78 is 54.7. The number of unbranched alkanes of at least 4 members (excludes halogenated alkanes) is 12. The second-order valence-electron chi connectivity index (χ2n) is 8.16. The summed E-state index contributed by atoms with van der Waals surface area (Å²) in [5.41, 5.74) is 0. The van der Waals surface area contributed by atoms with E-state index in [2.05, 4.69) is 21.6 Å². The Labute approximate surface area is 196 Å². The van der Waals surface area contributed by atoms with Gasteiger partial charge in [-0.25, -0.2) is 26.3 Å². The molecule has 0 amide bonds. The predicted molar refractivity (Wildman–Crippen MR) is 128 cm³/mol. The van der Waals surface area contributed by atoms with Gasteiger partial charge in [0.15, 0.2) is 4.58 Å². The molecule has 0 rings (SSSR count). The maximum atomic E-state index is 12.8. The first-order valence-corrected chi connectivity index (χ1v) is 15.1. The molecule has 186 valence electrons. The molecule has 0 aliphatic rings. The maximum absolute atomic E-state index is 12.8. The lowest BCUT2D eigenvalue weighted by atomic mass is 10.1. The summed E-state index contributed by atoms with van der Waals surface area (Å²) in [6.45, 7) is 2.44. The molecule has 0 fully saturated rings. The molecule has 0 aromatic heterocycles. The van der Waals surface area contributed by atoms with Crippen LogP contribution in [0.1, 0.15) is 110 Å². The molecule has 2 N–H and O–H groups in total. The van der Waals surface area contributed by atoms with E-state index in [-0.39, 0.29) is 19.5 Å². The molecular weight excluding hydrogens is 448 g/mol. The summed E-state index contributed by atoms with van der Waals surface area (Å²) in [6, 6.07) is 4.21. The van der Waals surface area contributed by atoms with Crippen LogP contribution in [-0.2, 0) is 20.0 Å². The van der Waals surface area contributed by atoms with E-state index >= 15 is 0 Å². The molecule has 0 aliphatic heterocycles. The number of hydrogen-bond donors (Lipinski definition) is 2. The normalized spacial score (nSPS) is 12.0. The van der Waals surface area contributed by atoms with Crippen molar-refractivity contribution in [2.45, 2.75) is 114 Å². The van der Waals surface area contributed by atoms with E-state index in [1.165, 1.54) is 0 Å². The van der Waals surface area contributed by atoms with Crippen LogP contribution in [0.3, 0.4) is 0 Å². The van der Waals surface area contributed by atoms with Gasteiger partial charge in [0.2, 0.25) is 20.0 Å². The molecule has 0 saturated carbocycles. The molecule has 0 heterocycles. The quantitative estimate of drug-likeness (QED) is 0.215. The van der Waals surface area contributed by atoms with Gasteiger partial charge in [0, 0.05) is 25.9 Å². The van der Waals surface area contributed by atoms with E-state index < -0.39 is 24.6 Å². The zero-order valence-electron chi connectivity index (χ0n) is 19.6. The van der Waals surface area contributed by atoms with E-state index in [1.54, 1.807) is 0 Å². The number of nitriles is 2. The molecule has 8 nitrogen and oxygen atoms in total. The Morgan fingerprint density at radius 3 is 1.44 bits per heavy atom. The lowest BCUT2D eigenvalue weighted by molar-refractivity contribution is 0.538. The third-order valence-electron chi connectivity index (χ3n) is 5.27. The SMILES string of the molecule is CCCCCC(S(=O)(=O)NCCCCCCCC#N)S(=O)(=O)NCCCCCCCC#N. The average Bonchev–Trinajstić information content (AvgIpc) is 2.74. The summed E-state index contributed by atoms with van der Waals surface area (Å²) in [5.74, 6) is 0. The Hall–Kier alpha value is -1.20. The van der Waals surface area contributed by atoms with Crippen molar-refractivity contribution in [3.63, 3.8) is 0 Å². The van der Waals surface area contributed by atoms with E-state index in [1.807, 2.05) is 6.92 Å². The minimum absolute atomic E-state index is 0.0842. The monoisotopic (exact) mass is 490 g/mol. The number of sulfonamides is 2. The van der Waals surface area contributed by atoms with Crippen LogP contribution >= 0.6 is 0 Å². The van der Waals surface area contributed by atoms with Crippen molar-refractivity contribution >= 4 is 20.0 Å². The third-order valence-corrected chi connectivity index (χ3v) is 9.86. The number of nitrogens with one attached hydrogen (secondary N) is 2. The standard InChI is InChI=1S/C22H42N4O4S2/c1-2-3-12-17-22(31(27,28)25-20-15-10-6-4-8-13-18-23)32(29,30)26-21-16-11-7-5-9-14-19-24/h22,25-26H,2-17,20-21H2,1H3. The minimum atomic E-state index is -3.99. The van der Waals surface area contributed by atoms with Crippen LogP contribution in [0.2, 0.25) is 0 Å². The van der Waals surface area contributed by atoms with E-state index in [0.717, 1.165) is 64.2 Å². The molecule has 32 heavy (non-hydrogen) atoms. The topological polar surface area (TPSA) is 140 Å². The first-order valence-electron chi connectivity index (χ1n) is 12.0. The molecule has 0 atom stereocenters. The van der Waals surface area contributed by atoms with Crippen LogP contribution in [0, 0.1) is 22.7 Å². The molecule has 10 heteroatoms. The van der Waals surface area contributed by atoms with Gasteiger partial charge in [0.1, 0.15) is 0 Å². The summed E-state index contributed by atoms with van der Waals surface area (Å²) in [6.07, 6.45) is 11.8. The zero-order valence-corrected chi connectivity index (χ0v) is 21.3. The lowest BCUT2D eigenvalue weighted by Crippen LogP contribution is -2.45. The average molecular weight is 491 g/mol. The highest BCUT2D eigenvalue weighted by Gasteiger charge is 2.36. The van der Waals surface area contributed by atoms with Gasteiger partial charge in [0.25, 0.3) is 0 Å². The van der Waals surface area contributed by atoms with Crippen LogP contribution in [0.25, 0.3) is 0 Å². The highest BCUT2D eigenvalue weighted by atomic mass is 32.3. The summed E-state index contributed by atoms with van der Waals surface area (Å²) >= 11 is 0. The fraction of sp³-hybridized carbons (Fsp3) is 0.909. The first-order chi connectivity index (χ1) is 15.3. The van der Waals surface area contributed by atoms with Crippen LogP contribution in [0.5, 0.6) is 0 Å². The second-order valence-corrected chi connectivity index (χ2v) is 12.3. The number of rotatable bonds is 22. The van der Waals surface area contributed by atoms with Gasteiger partial charge < -0.3 is 0 Å². The fourth-order valence-electron chi connectivity index (χ4n) is 3.37. The van der Waals surface area contributed by atoms with Gasteiger partial charge in [-0.1, -0.05) is 64.7 Å². The number of hydrogen-bond acceptors (Lipinski definition) is 6. The highest BCUT2D eigenvalue weighted by Crippen LogP contribution is 2.17. The van der Waals surface area contributed by atoms with Gasteiger partial charge in [-0.15, -0.1) is 0 Å². The van der Waals surface area contributed by atoms with Crippen molar-refractivity contribution in [3.8, 4) is 12.1 Å². The molecule has 0 aliphatic carbocycles. The summed E-state index contributed by atoms with van der Waals surface area (Å²) in [4.78, 5) is 0. The van der Waals surface area contributed by atoms with Crippen LogP contribution in [0.4, 0.5) is 0 Å². The number of nitrogens with zero attached hydrogens (tertiary/aromatic N) is 2. The molecule has 0 bridgehead atoms. The Balaban J connectivity index is 4.59. The predicted octanol–water partition coefficient (Wildman–Crippen LogP) is 4.46. The molecule has 0 aromatic carbocycles. The molecule has 0 saturated heterocycles. The summed E-state index contributed by atoms with van der Waals surface area (Å²) in [5, 5.41) is 17.0. The smallest absolute Gasteiger partial charge is 0.214 e. The second kappa shape index (κ2) is 19.3. The molecule has 0 aromatic rings. The van der Waals surface area contributed by atoms with Gasteiger partial charge in [-0.2, -0.15) is 10.5 Å². The van der Waals surface area contributed by atoms with E-state index in [9.17, 15) is 16.8 Å². The minimum Gasteiger partial charge on any atom is -0.214 e. The van der Waals surface area contributed by atoms with Crippen molar-refractivity contribution in [1.29, 1.82) is 10.5 Å². The summed E-state index contributed by atoms with van der Waals surface area (Å²) in [7, 11) is -7.99. The molecule has 0 radical (unpaired) electrons. The van der Waals surface area contributed by atoms with Crippen LogP contribution < -0.4 is 9.44 Å². The van der Waals surface area contributed by atoms with Gasteiger partial charge in [0.05, 0.1) is 12.1 Å². The lowest BCUT2D eigenvalue weighted by Gasteiger charge is -2.19.